The number of rotatable bonds is 5. The van der Waals surface area contributed by atoms with Gasteiger partial charge in [0.2, 0.25) is 0 Å². The van der Waals surface area contributed by atoms with E-state index in [0.29, 0.717) is 15.0 Å². The highest BCUT2D eigenvalue weighted by Gasteiger charge is 2.36. The number of nitrogens with zero attached hydrogens (tertiary/aromatic N) is 2. The van der Waals surface area contributed by atoms with Crippen molar-refractivity contribution in [1.29, 1.82) is 0 Å². The van der Waals surface area contributed by atoms with Gasteiger partial charge in [-0.3, -0.25) is 14.5 Å². The Kier molecular flexibility index (Phi) is 5.93. The van der Waals surface area contributed by atoms with Crippen LogP contribution in [0.15, 0.2) is 71.6 Å². The van der Waals surface area contributed by atoms with E-state index in [1.54, 1.807) is 18.2 Å². The van der Waals surface area contributed by atoms with Crippen LogP contribution < -0.4 is 0 Å². The highest BCUT2D eigenvalue weighted by atomic mass is 35.5. The van der Waals surface area contributed by atoms with Crippen LogP contribution in [0, 0.1) is 0 Å². The van der Waals surface area contributed by atoms with Crippen molar-refractivity contribution in [3.8, 4) is 0 Å². The lowest BCUT2D eigenvalue weighted by atomic mass is 10.1. The summed E-state index contributed by atoms with van der Waals surface area (Å²) in [7, 11) is 0. The number of aromatic nitrogens is 1. The van der Waals surface area contributed by atoms with Crippen molar-refractivity contribution >= 4 is 74.0 Å². The van der Waals surface area contributed by atoms with Crippen LogP contribution >= 0.6 is 35.0 Å². The molecule has 4 aromatic rings. The number of fused-ring (bicyclic) bond motifs is 3. The zero-order chi connectivity index (χ0) is 23.1. The van der Waals surface area contributed by atoms with Gasteiger partial charge in [0.05, 0.1) is 24.1 Å². The van der Waals surface area contributed by atoms with E-state index in [9.17, 15) is 14.7 Å². The van der Waals surface area contributed by atoms with E-state index >= 15 is 0 Å². The normalized spacial score (nSPS) is 16.5. The smallest absolute Gasteiger partial charge is 0.293 e. The van der Waals surface area contributed by atoms with Crippen LogP contribution in [0.5, 0.6) is 0 Å². The Labute approximate surface area is 204 Å². The Bertz CT molecular complexity index is 1370. The first-order valence-electron chi connectivity index (χ1n) is 10.3. The molecular weight excluding hydrogens is 479 g/mol. The zero-order valence-corrected chi connectivity index (χ0v) is 19.6. The van der Waals surface area contributed by atoms with E-state index in [-0.39, 0.29) is 18.3 Å². The Morgan fingerprint density at radius 2 is 1.48 bits per heavy atom. The second-order valence-corrected chi connectivity index (χ2v) is 9.66. The van der Waals surface area contributed by atoms with E-state index in [1.165, 1.54) is 0 Å². The molecule has 3 aromatic carbocycles. The molecule has 1 N–H and O–H groups in total. The monoisotopic (exact) mass is 496 g/mol. The molecule has 0 spiro atoms. The summed E-state index contributed by atoms with van der Waals surface area (Å²) in [5.74, 6) is -0.395. The number of aliphatic hydroxyl groups excluding tert-OH is 1. The lowest BCUT2D eigenvalue weighted by Gasteiger charge is -2.19. The highest BCUT2D eigenvalue weighted by molar-refractivity contribution is 8.18. The molecule has 1 atom stereocenters. The fourth-order valence-corrected chi connectivity index (χ4v) is 5.27. The molecule has 0 bridgehead atoms. The molecular formula is C25H18Cl2N2O3S. The second kappa shape index (κ2) is 8.88. The number of carbonyl (C=O) groups excluding carboxylic acids is 2. The van der Waals surface area contributed by atoms with E-state index in [2.05, 4.69) is 0 Å². The molecule has 8 heteroatoms. The average Bonchev–Trinajstić information content (AvgIpc) is 3.22. The number of carbonyl (C=O) groups is 2. The number of amides is 2. The van der Waals surface area contributed by atoms with Crippen molar-refractivity contribution in [2.45, 2.75) is 12.6 Å². The first-order valence-corrected chi connectivity index (χ1v) is 11.8. The van der Waals surface area contributed by atoms with Gasteiger partial charge >= 0.3 is 0 Å². The van der Waals surface area contributed by atoms with Crippen molar-refractivity contribution in [2.75, 3.05) is 6.54 Å². The number of hydrogen-bond acceptors (Lipinski definition) is 4. The van der Waals surface area contributed by atoms with Crippen molar-refractivity contribution < 1.29 is 14.7 Å². The quantitative estimate of drug-likeness (QED) is 0.334. The predicted octanol–water partition coefficient (Wildman–Crippen LogP) is 6.20. The molecule has 1 aromatic heterocycles. The standard InChI is InChI=1S/C25H18Cl2N2O3S/c26-16-6-8-21-19(11-16)20-12-17(27)7-9-22(20)28(21)13-18(30)14-29-24(31)23(33-25(29)32)10-15-4-2-1-3-5-15/h1-12,18,30H,13-14H2/b23-10-. The van der Waals surface area contributed by atoms with Gasteiger partial charge in [-0.25, -0.2) is 0 Å². The first-order chi connectivity index (χ1) is 15.9. The fraction of sp³-hybridized carbons (Fsp3) is 0.120. The summed E-state index contributed by atoms with van der Waals surface area (Å²) in [6, 6.07) is 20.4. The molecule has 1 aliphatic rings. The van der Waals surface area contributed by atoms with Crippen molar-refractivity contribution in [1.82, 2.24) is 9.47 Å². The topological polar surface area (TPSA) is 62.5 Å². The second-order valence-electron chi connectivity index (χ2n) is 7.79. The van der Waals surface area contributed by atoms with Crippen LogP contribution in [0.4, 0.5) is 4.79 Å². The van der Waals surface area contributed by atoms with E-state index in [0.717, 1.165) is 44.0 Å². The predicted molar refractivity (Wildman–Crippen MR) is 135 cm³/mol. The van der Waals surface area contributed by atoms with Gasteiger partial charge < -0.3 is 9.67 Å². The van der Waals surface area contributed by atoms with Gasteiger partial charge in [-0.15, -0.1) is 0 Å². The number of hydrogen-bond donors (Lipinski definition) is 1. The summed E-state index contributed by atoms with van der Waals surface area (Å²) in [6.45, 7) is 0.0991. The molecule has 1 aliphatic heterocycles. The van der Waals surface area contributed by atoms with Crippen LogP contribution in [0.1, 0.15) is 5.56 Å². The molecule has 0 radical (unpaired) electrons. The molecule has 1 unspecified atom stereocenters. The van der Waals surface area contributed by atoms with E-state index in [4.69, 9.17) is 23.2 Å². The third-order valence-electron chi connectivity index (χ3n) is 5.55. The minimum atomic E-state index is -0.959. The van der Waals surface area contributed by atoms with Crippen LogP contribution in [0.25, 0.3) is 27.9 Å². The largest absolute Gasteiger partial charge is 0.389 e. The summed E-state index contributed by atoms with van der Waals surface area (Å²) in [5, 5.41) is 13.5. The third-order valence-corrected chi connectivity index (χ3v) is 6.92. The minimum absolute atomic E-state index is 0.0981. The van der Waals surface area contributed by atoms with E-state index < -0.39 is 12.0 Å². The first kappa shape index (κ1) is 22.0. The van der Waals surface area contributed by atoms with Crippen molar-refractivity contribution in [3.63, 3.8) is 0 Å². The van der Waals surface area contributed by atoms with Crippen LogP contribution in [0.2, 0.25) is 10.0 Å². The lowest BCUT2D eigenvalue weighted by molar-refractivity contribution is -0.123. The van der Waals surface area contributed by atoms with Gasteiger partial charge in [0.1, 0.15) is 0 Å². The molecule has 33 heavy (non-hydrogen) atoms. The van der Waals surface area contributed by atoms with Gasteiger partial charge in [-0.05, 0) is 59.8 Å². The molecule has 0 aliphatic carbocycles. The number of aliphatic hydroxyl groups is 1. The number of β-amino-alcohol motifs (C(OH)–C–C–N with tert-alkyl or cyclic N) is 1. The Hall–Kier alpha value is -2.77. The number of halogens is 2. The van der Waals surface area contributed by atoms with Gasteiger partial charge in [-0.2, -0.15) is 0 Å². The SMILES string of the molecule is O=C1S/C(=C\c2ccccc2)C(=O)N1CC(O)Cn1c2ccc(Cl)cc2c2cc(Cl)ccc21. The van der Waals surface area contributed by atoms with Gasteiger partial charge in [0.25, 0.3) is 11.1 Å². The maximum atomic E-state index is 12.8. The lowest BCUT2D eigenvalue weighted by Crippen LogP contribution is -2.37. The number of benzene rings is 3. The third kappa shape index (κ3) is 4.27. The molecule has 0 saturated carbocycles. The van der Waals surface area contributed by atoms with Gasteiger partial charge in [0, 0.05) is 31.9 Å². The van der Waals surface area contributed by atoms with E-state index in [1.807, 2.05) is 59.2 Å². The summed E-state index contributed by atoms with van der Waals surface area (Å²) < 4.78 is 1.96. The molecule has 2 heterocycles. The molecule has 5 nitrogen and oxygen atoms in total. The molecule has 1 fully saturated rings. The van der Waals surface area contributed by atoms with Crippen molar-refractivity contribution in [2.24, 2.45) is 0 Å². The summed E-state index contributed by atoms with van der Waals surface area (Å²) >= 11 is 13.3. The van der Waals surface area contributed by atoms with Crippen LogP contribution in [-0.4, -0.2) is 38.4 Å². The summed E-state index contributed by atoms with van der Waals surface area (Å²) in [5.41, 5.74) is 2.61. The average molecular weight is 497 g/mol. The highest BCUT2D eigenvalue weighted by Crippen LogP contribution is 2.34. The maximum absolute atomic E-state index is 12.8. The minimum Gasteiger partial charge on any atom is -0.389 e. The number of thioether (sulfide) groups is 1. The molecule has 1 saturated heterocycles. The summed E-state index contributed by atoms with van der Waals surface area (Å²) in [4.78, 5) is 26.8. The van der Waals surface area contributed by atoms with Crippen LogP contribution in [0.3, 0.4) is 0 Å². The summed E-state index contributed by atoms with van der Waals surface area (Å²) in [6.07, 6.45) is 0.734. The molecule has 166 valence electrons. The van der Waals surface area contributed by atoms with Crippen LogP contribution in [-0.2, 0) is 11.3 Å². The Morgan fingerprint density at radius 1 is 0.879 bits per heavy atom. The zero-order valence-electron chi connectivity index (χ0n) is 17.2. The van der Waals surface area contributed by atoms with Gasteiger partial charge in [0.15, 0.2) is 0 Å². The fourth-order valence-electron chi connectivity index (χ4n) is 4.08. The molecule has 5 rings (SSSR count). The Morgan fingerprint density at radius 3 is 2.09 bits per heavy atom. The Balaban J connectivity index is 1.41. The molecule has 2 amide bonds. The van der Waals surface area contributed by atoms with Gasteiger partial charge in [-0.1, -0.05) is 53.5 Å². The van der Waals surface area contributed by atoms with Crippen molar-refractivity contribution in [3.05, 3.63) is 87.2 Å². The maximum Gasteiger partial charge on any atom is 0.293 e. The number of imide groups is 1.